The first-order valence-electron chi connectivity index (χ1n) is 8.68. The second kappa shape index (κ2) is 9.78. The van der Waals surface area contributed by atoms with Crippen molar-refractivity contribution in [3.05, 3.63) is 41.9 Å². The number of ether oxygens (including phenoxy) is 2. The van der Waals surface area contributed by atoms with Crippen LogP contribution in [0.15, 0.2) is 41.9 Å². The zero-order valence-corrected chi connectivity index (χ0v) is 14.3. The van der Waals surface area contributed by atoms with Crippen LogP contribution in [0.2, 0.25) is 0 Å². The topological polar surface area (TPSA) is 120 Å². The fourth-order valence-corrected chi connectivity index (χ4v) is 2.54. The van der Waals surface area contributed by atoms with Gasteiger partial charge in [0.2, 0.25) is 5.88 Å². The molecular formula is C18H27N3O4. The van der Waals surface area contributed by atoms with Gasteiger partial charge in [-0.05, 0) is 50.7 Å². The largest absolute Gasteiger partial charge is 0.490 e. The minimum Gasteiger partial charge on any atom is -0.490 e. The number of hydrogen-bond acceptors (Lipinski definition) is 6. The molecule has 0 bridgehead atoms. The van der Waals surface area contributed by atoms with E-state index in [0.29, 0.717) is 6.10 Å². The maximum Gasteiger partial charge on any atom is 0.358 e. The number of hydrazine groups is 1. The second-order valence-electron chi connectivity index (χ2n) is 6.20. The second-order valence-corrected chi connectivity index (χ2v) is 6.20. The van der Waals surface area contributed by atoms with E-state index in [4.69, 9.17) is 26.2 Å². The Bertz CT molecular complexity index is 567. The van der Waals surface area contributed by atoms with Crippen molar-refractivity contribution in [2.24, 2.45) is 11.6 Å². The van der Waals surface area contributed by atoms with E-state index in [1.165, 1.54) is 19.3 Å². The Kier molecular flexibility index (Phi) is 7.40. The van der Waals surface area contributed by atoms with Crippen LogP contribution in [0.25, 0.3) is 0 Å². The van der Waals surface area contributed by atoms with Gasteiger partial charge >= 0.3 is 5.97 Å². The normalized spacial score (nSPS) is 18.3. The molecule has 2 aliphatic rings. The highest BCUT2D eigenvalue weighted by Gasteiger charge is 2.23. The quantitative estimate of drug-likeness (QED) is 0.269. The zero-order valence-electron chi connectivity index (χ0n) is 14.3. The Labute approximate surface area is 147 Å². The standard InChI is InChI=1S/C9H17N3O3.C9H10O/c10-8(7(12-11)9(13)14)15-6-4-2-1-3-5-6;1-2-4-8(5-3-1)10-9-6-7-9/h6,12H,1-5,10-11H2,(H,13,14);1-5,9H,6-7H2/b8-7+;. The fourth-order valence-electron chi connectivity index (χ4n) is 2.54. The number of hydrogen-bond donors (Lipinski definition) is 4. The van der Waals surface area contributed by atoms with Gasteiger partial charge in [0.05, 0.1) is 6.10 Å². The molecule has 2 fully saturated rings. The van der Waals surface area contributed by atoms with Crippen LogP contribution in [0.4, 0.5) is 0 Å². The Hall–Kier alpha value is -2.41. The number of benzene rings is 1. The molecule has 0 aromatic heterocycles. The van der Waals surface area contributed by atoms with Gasteiger partial charge < -0.3 is 25.7 Å². The molecule has 0 aliphatic heterocycles. The van der Waals surface area contributed by atoms with Gasteiger partial charge in [-0.3, -0.25) is 5.84 Å². The third-order valence-electron chi connectivity index (χ3n) is 4.02. The van der Waals surface area contributed by atoms with E-state index in [0.717, 1.165) is 31.4 Å². The molecule has 0 amide bonds. The van der Waals surface area contributed by atoms with Crippen molar-refractivity contribution in [3.8, 4) is 5.75 Å². The number of nitrogens with one attached hydrogen (secondary N) is 1. The summed E-state index contributed by atoms with van der Waals surface area (Å²) in [6.45, 7) is 0. The van der Waals surface area contributed by atoms with Gasteiger partial charge in [0.1, 0.15) is 11.9 Å². The molecule has 0 heterocycles. The van der Waals surface area contributed by atoms with Gasteiger partial charge in [0.25, 0.3) is 0 Å². The minimum atomic E-state index is -1.22. The SMILES string of the molecule is NN/C(C(=O)O)=C(\N)OC1CCCCC1.c1ccc(OC2CC2)cc1. The van der Waals surface area contributed by atoms with E-state index in [1.807, 2.05) is 35.8 Å². The number of nitrogens with two attached hydrogens (primary N) is 2. The first-order chi connectivity index (χ1) is 12.1. The van der Waals surface area contributed by atoms with Crippen molar-refractivity contribution in [1.82, 2.24) is 5.43 Å². The predicted molar refractivity (Wildman–Crippen MR) is 94.2 cm³/mol. The molecule has 1 aromatic carbocycles. The number of carbonyl (C=O) groups is 1. The predicted octanol–water partition coefficient (Wildman–Crippen LogP) is 2.24. The van der Waals surface area contributed by atoms with Gasteiger partial charge in [0.15, 0.2) is 5.70 Å². The van der Waals surface area contributed by atoms with Crippen LogP contribution in [0.1, 0.15) is 44.9 Å². The van der Waals surface area contributed by atoms with Crippen LogP contribution in [-0.2, 0) is 9.53 Å². The number of para-hydroxylation sites is 1. The van der Waals surface area contributed by atoms with E-state index < -0.39 is 5.97 Å². The van der Waals surface area contributed by atoms with E-state index in [1.54, 1.807) is 0 Å². The van der Waals surface area contributed by atoms with Crippen molar-refractivity contribution in [2.45, 2.75) is 57.2 Å². The minimum absolute atomic E-state index is 0.0152. The van der Waals surface area contributed by atoms with Gasteiger partial charge in [0, 0.05) is 0 Å². The summed E-state index contributed by atoms with van der Waals surface area (Å²) in [6.07, 6.45) is 8.21. The summed E-state index contributed by atoms with van der Waals surface area (Å²) >= 11 is 0. The highest BCUT2D eigenvalue weighted by Crippen LogP contribution is 2.26. The van der Waals surface area contributed by atoms with Crippen LogP contribution in [-0.4, -0.2) is 23.3 Å². The highest BCUT2D eigenvalue weighted by atomic mass is 16.5. The van der Waals surface area contributed by atoms with Crippen LogP contribution in [0.3, 0.4) is 0 Å². The van der Waals surface area contributed by atoms with E-state index in [-0.39, 0.29) is 17.7 Å². The average Bonchev–Trinajstić information content (AvgIpc) is 3.41. The molecule has 7 heteroatoms. The lowest BCUT2D eigenvalue weighted by Gasteiger charge is -2.23. The van der Waals surface area contributed by atoms with Crippen LogP contribution in [0, 0.1) is 0 Å². The van der Waals surface area contributed by atoms with Crippen LogP contribution >= 0.6 is 0 Å². The molecule has 0 saturated heterocycles. The zero-order chi connectivity index (χ0) is 18.1. The number of rotatable bonds is 6. The Morgan fingerprint density at radius 1 is 1.04 bits per heavy atom. The molecule has 0 unspecified atom stereocenters. The lowest BCUT2D eigenvalue weighted by molar-refractivity contribution is -0.133. The summed E-state index contributed by atoms with van der Waals surface area (Å²) in [5, 5.41) is 8.71. The molecule has 0 atom stereocenters. The van der Waals surface area contributed by atoms with E-state index in [9.17, 15) is 4.79 Å². The smallest absolute Gasteiger partial charge is 0.358 e. The molecule has 0 spiro atoms. The molecule has 1 aromatic rings. The molecule has 2 saturated carbocycles. The molecule has 0 radical (unpaired) electrons. The van der Waals surface area contributed by atoms with Gasteiger partial charge in [-0.15, -0.1) is 0 Å². The first-order valence-corrected chi connectivity index (χ1v) is 8.68. The van der Waals surface area contributed by atoms with Gasteiger partial charge in [-0.2, -0.15) is 0 Å². The van der Waals surface area contributed by atoms with E-state index >= 15 is 0 Å². The molecule has 25 heavy (non-hydrogen) atoms. The van der Waals surface area contributed by atoms with Gasteiger partial charge in [-0.25, -0.2) is 4.79 Å². The summed E-state index contributed by atoms with van der Waals surface area (Å²) in [4.78, 5) is 10.7. The summed E-state index contributed by atoms with van der Waals surface area (Å²) in [5.41, 5.74) is 7.22. The summed E-state index contributed by atoms with van der Waals surface area (Å²) < 4.78 is 10.9. The van der Waals surface area contributed by atoms with Crippen molar-refractivity contribution >= 4 is 5.97 Å². The van der Waals surface area contributed by atoms with E-state index in [2.05, 4.69) is 0 Å². The molecule has 7 nitrogen and oxygen atoms in total. The Morgan fingerprint density at radius 2 is 1.68 bits per heavy atom. The molecular weight excluding hydrogens is 322 g/mol. The molecule has 6 N–H and O–H groups in total. The maximum atomic E-state index is 10.7. The van der Waals surface area contributed by atoms with Crippen molar-refractivity contribution in [3.63, 3.8) is 0 Å². The first kappa shape index (κ1) is 18.9. The average molecular weight is 349 g/mol. The molecule has 138 valence electrons. The third-order valence-corrected chi connectivity index (χ3v) is 4.02. The van der Waals surface area contributed by atoms with Crippen molar-refractivity contribution < 1.29 is 19.4 Å². The highest BCUT2D eigenvalue weighted by molar-refractivity contribution is 5.86. The monoisotopic (exact) mass is 349 g/mol. The fraction of sp³-hybridized carbons (Fsp3) is 0.500. The summed E-state index contributed by atoms with van der Waals surface area (Å²) in [6, 6.07) is 9.99. The van der Waals surface area contributed by atoms with Crippen LogP contribution < -0.4 is 21.7 Å². The lowest BCUT2D eigenvalue weighted by atomic mass is 9.98. The number of aliphatic carboxylic acids is 1. The Balaban J connectivity index is 0.000000194. The lowest BCUT2D eigenvalue weighted by Crippen LogP contribution is -2.32. The Morgan fingerprint density at radius 3 is 2.20 bits per heavy atom. The van der Waals surface area contributed by atoms with Crippen molar-refractivity contribution in [1.29, 1.82) is 0 Å². The molecule has 2 aliphatic carbocycles. The molecule has 3 rings (SSSR count). The summed E-state index contributed by atoms with van der Waals surface area (Å²) in [5.74, 6) is 4.68. The third kappa shape index (κ3) is 6.93. The summed E-state index contributed by atoms with van der Waals surface area (Å²) in [7, 11) is 0. The van der Waals surface area contributed by atoms with Crippen molar-refractivity contribution in [2.75, 3.05) is 0 Å². The van der Waals surface area contributed by atoms with Gasteiger partial charge in [-0.1, -0.05) is 24.6 Å². The maximum absolute atomic E-state index is 10.7. The van der Waals surface area contributed by atoms with Crippen LogP contribution in [0.5, 0.6) is 5.75 Å². The number of carboxylic acid groups (broad SMARTS) is 1. The number of carboxylic acids is 1.